The molecule has 10 heteroatoms. The van der Waals surface area contributed by atoms with E-state index in [-0.39, 0.29) is 11.4 Å². The average molecular weight is 384 g/mol. The first-order valence-electron chi connectivity index (χ1n) is 7.41. The Labute approximate surface area is 149 Å². The Morgan fingerprint density at radius 1 is 1.31 bits per heavy atom. The first-order valence-corrected chi connectivity index (χ1v) is 8.89. The van der Waals surface area contributed by atoms with E-state index in [1.54, 1.807) is 12.1 Å². The van der Waals surface area contributed by atoms with Crippen LogP contribution in [-0.2, 0) is 26.1 Å². The summed E-state index contributed by atoms with van der Waals surface area (Å²) in [4.78, 5) is 25.0. The predicted octanol–water partition coefficient (Wildman–Crippen LogP) is 1.14. The van der Waals surface area contributed by atoms with Crippen LogP contribution in [0.3, 0.4) is 0 Å². The minimum Gasteiger partial charge on any atom is -0.467 e. The van der Waals surface area contributed by atoms with Gasteiger partial charge in [-0.1, -0.05) is 0 Å². The number of nitrogens with zero attached hydrogens (tertiary/aromatic N) is 1. The normalized spacial score (nSPS) is 11.2. The third-order valence-electron chi connectivity index (χ3n) is 3.46. The van der Waals surface area contributed by atoms with Crippen molar-refractivity contribution in [3.05, 3.63) is 53.7 Å². The van der Waals surface area contributed by atoms with Crippen molar-refractivity contribution in [2.75, 3.05) is 20.7 Å². The zero-order valence-corrected chi connectivity index (χ0v) is 14.9. The lowest BCUT2D eigenvalue weighted by molar-refractivity contribution is -0.134. The van der Waals surface area contributed by atoms with E-state index >= 15 is 0 Å². The van der Waals surface area contributed by atoms with Gasteiger partial charge in [0.15, 0.2) is 6.61 Å². The molecule has 0 fully saturated rings. The van der Waals surface area contributed by atoms with Gasteiger partial charge in [0.1, 0.15) is 11.6 Å². The van der Waals surface area contributed by atoms with Gasteiger partial charge in [0, 0.05) is 7.05 Å². The van der Waals surface area contributed by atoms with Crippen LogP contribution in [0.5, 0.6) is 0 Å². The van der Waals surface area contributed by atoms with Crippen LogP contribution in [0.25, 0.3) is 0 Å². The summed E-state index contributed by atoms with van der Waals surface area (Å²) in [6.07, 6.45) is 1.46. The van der Waals surface area contributed by atoms with E-state index in [2.05, 4.69) is 4.72 Å². The Kier molecular flexibility index (Phi) is 6.11. The number of esters is 1. The van der Waals surface area contributed by atoms with E-state index in [1.807, 2.05) is 0 Å². The minimum atomic E-state index is -3.85. The quantitative estimate of drug-likeness (QED) is 0.718. The van der Waals surface area contributed by atoms with E-state index in [4.69, 9.17) is 9.15 Å². The molecular formula is C16H17FN2O6S. The van der Waals surface area contributed by atoms with Gasteiger partial charge in [-0.15, -0.1) is 0 Å². The number of benzene rings is 1. The Morgan fingerprint density at radius 3 is 2.65 bits per heavy atom. The molecule has 0 aliphatic rings. The van der Waals surface area contributed by atoms with Crippen LogP contribution >= 0.6 is 0 Å². The summed E-state index contributed by atoms with van der Waals surface area (Å²) in [6, 6.07) is 6.05. The van der Waals surface area contributed by atoms with Crippen molar-refractivity contribution in [3.63, 3.8) is 0 Å². The van der Waals surface area contributed by atoms with Gasteiger partial charge in [-0.3, -0.25) is 4.79 Å². The lowest BCUT2D eigenvalue weighted by Gasteiger charge is -2.15. The molecule has 0 saturated carbocycles. The van der Waals surface area contributed by atoms with E-state index < -0.39 is 39.9 Å². The molecule has 0 bridgehead atoms. The molecule has 1 heterocycles. The van der Waals surface area contributed by atoms with Gasteiger partial charge >= 0.3 is 5.97 Å². The van der Waals surface area contributed by atoms with E-state index in [9.17, 15) is 22.4 Å². The number of furan rings is 1. The first kappa shape index (κ1) is 19.6. The van der Waals surface area contributed by atoms with Gasteiger partial charge < -0.3 is 14.1 Å². The SMILES string of the molecule is CNS(=O)(=O)c1ccc(F)c(C(=O)OCC(=O)N(C)Cc2ccco2)c1. The van der Waals surface area contributed by atoms with Crippen molar-refractivity contribution in [2.24, 2.45) is 0 Å². The number of sulfonamides is 1. The smallest absolute Gasteiger partial charge is 0.341 e. The molecule has 8 nitrogen and oxygen atoms in total. The van der Waals surface area contributed by atoms with Crippen LogP contribution in [0.1, 0.15) is 16.1 Å². The Bertz CT molecular complexity index is 895. The van der Waals surface area contributed by atoms with Crippen molar-refractivity contribution in [2.45, 2.75) is 11.4 Å². The first-order chi connectivity index (χ1) is 12.2. The van der Waals surface area contributed by atoms with Gasteiger partial charge in [-0.2, -0.15) is 0 Å². The largest absolute Gasteiger partial charge is 0.467 e. The monoisotopic (exact) mass is 384 g/mol. The molecule has 1 amide bonds. The van der Waals surface area contributed by atoms with Crippen LogP contribution in [0.2, 0.25) is 0 Å². The summed E-state index contributed by atoms with van der Waals surface area (Å²) in [5.74, 6) is -2.09. The molecule has 0 radical (unpaired) electrons. The molecule has 26 heavy (non-hydrogen) atoms. The molecular weight excluding hydrogens is 367 g/mol. The topological polar surface area (TPSA) is 106 Å². The highest BCUT2D eigenvalue weighted by Gasteiger charge is 2.21. The summed E-state index contributed by atoms with van der Waals surface area (Å²) in [5, 5.41) is 0. The summed E-state index contributed by atoms with van der Waals surface area (Å²) >= 11 is 0. The molecule has 2 aromatic rings. The molecule has 1 aromatic heterocycles. The maximum Gasteiger partial charge on any atom is 0.341 e. The minimum absolute atomic E-state index is 0.174. The number of halogens is 1. The van der Waals surface area contributed by atoms with Crippen molar-refractivity contribution >= 4 is 21.9 Å². The number of hydrogen-bond acceptors (Lipinski definition) is 6. The average Bonchev–Trinajstić information content (AvgIpc) is 3.12. The van der Waals surface area contributed by atoms with Crippen LogP contribution in [0.4, 0.5) is 4.39 Å². The number of carbonyl (C=O) groups excluding carboxylic acids is 2. The van der Waals surface area contributed by atoms with E-state index in [1.165, 1.54) is 25.3 Å². The predicted molar refractivity (Wildman–Crippen MR) is 88.1 cm³/mol. The fourth-order valence-corrected chi connectivity index (χ4v) is 2.74. The lowest BCUT2D eigenvalue weighted by Crippen LogP contribution is -2.30. The van der Waals surface area contributed by atoms with Crippen molar-refractivity contribution in [1.29, 1.82) is 0 Å². The maximum atomic E-state index is 13.8. The van der Waals surface area contributed by atoms with Gasteiger partial charge in [0.05, 0.1) is 23.3 Å². The zero-order chi connectivity index (χ0) is 19.3. The number of hydrogen-bond donors (Lipinski definition) is 1. The highest BCUT2D eigenvalue weighted by atomic mass is 32.2. The molecule has 2 rings (SSSR count). The second-order valence-corrected chi connectivity index (χ2v) is 7.14. The number of amides is 1. The van der Waals surface area contributed by atoms with E-state index in [0.717, 1.165) is 18.2 Å². The van der Waals surface area contributed by atoms with Crippen LogP contribution < -0.4 is 4.72 Å². The summed E-state index contributed by atoms with van der Waals surface area (Å²) in [7, 11) is -1.18. The highest BCUT2D eigenvalue weighted by Crippen LogP contribution is 2.16. The Balaban J connectivity index is 2.03. The Morgan fingerprint density at radius 2 is 2.04 bits per heavy atom. The van der Waals surface area contributed by atoms with E-state index in [0.29, 0.717) is 5.76 Å². The summed E-state index contributed by atoms with van der Waals surface area (Å²) in [6.45, 7) is -0.452. The van der Waals surface area contributed by atoms with Crippen LogP contribution in [0, 0.1) is 5.82 Å². The molecule has 1 aromatic carbocycles. The molecule has 0 saturated heterocycles. The molecule has 0 spiro atoms. The molecule has 0 aliphatic carbocycles. The lowest BCUT2D eigenvalue weighted by atomic mass is 10.2. The maximum absolute atomic E-state index is 13.8. The fourth-order valence-electron chi connectivity index (χ4n) is 1.99. The summed E-state index contributed by atoms with van der Waals surface area (Å²) in [5.41, 5.74) is -0.581. The molecule has 140 valence electrons. The third-order valence-corrected chi connectivity index (χ3v) is 4.87. The fraction of sp³-hybridized carbons (Fsp3) is 0.250. The van der Waals surface area contributed by atoms with Gasteiger partial charge in [-0.05, 0) is 37.4 Å². The van der Waals surface area contributed by atoms with Crippen LogP contribution in [0.15, 0.2) is 45.9 Å². The number of nitrogens with one attached hydrogen (secondary N) is 1. The van der Waals surface area contributed by atoms with Crippen molar-refractivity contribution in [1.82, 2.24) is 9.62 Å². The molecule has 0 atom stereocenters. The number of ether oxygens (including phenoxy) is 1. The standard InChI is InChI=1S/C16H17FN2O6S/c1-18-26(22,23)12-5-6-14(17)13(8-12)16(21)25-10-15(20)19(2)9-11-4-3-7-24-11/h3-8,18H,9-10H2,1-2H3. The number of carbonyl (C=O) groups is 2. The van der Waals surface area contributed by atoms with Crippen molar-refractivity contribution in [3.8, 4) is 0 Å². The number of likely N-dealkylation sites (N-methyl/N-ethyl adjacent to an activating group) is 1. The summed E-state index contributed by atoms with van der Waals surface area (Å²) < 4.78 is 49.3. The highest BCUT2D eigenvalue weighted by molar-refractivity contribution is 7.89. The molecule has 1 N–H and O–H groups in total. The van der Waals surface area contributed by atoms with Gasteiger partial charge in [0.2, 0.25) is 10.0 Å². The second-order valence-electron chi connectivity index (χ2n) is 5.25. The van der Waals surface area contributed by atoms with Crippen LogP contribution in [-0.4, -0.2) is 45.9 Å². The molecule has 0 aliphatic heterocycles. The van der Waals surface area contributed by atoms with Gasteiger partial charge in [0.25, 0.3) is 5.91 Å². The molecule has 0 unspecified atom stereocenters. The third kappa shape index (κ3) is 4.67. The number of rotatable bonds is 7. The Hall–Kier alpha value is -2.72. The zero-order valence-electron chi connectivity index (χ0n) is 14.1. The van der Waals surface area contributed by atoms with Crippen molar-refractivity contribution < 1.29 is 31.6 Å². The second kappa shape index (κ2) is 8.11. The van der Waals surface area contributed by atoms with Gasteiger partial charge in [-0.25, -0.2) is 22.3 Å².